The second-order valence-electron chi connectivity index (χ2n) is 6.50. The smallest absolute Gasteiger partial charge is 0.272 e. The van der Waals surface area contributed by atoms with Crippen molar-refractivity contribution in [1.82, 2.24) is 20.4 Å². The van der Waals surface area contributed by atoms with Crippen molar-refractivity contribution in [3.63, 3.8) is 0 Å². The molecule has 0 spiro atoms. The van der Waals surface area contributed by atoms with E-state index >= 15 is 0 Å². The average molecular weight is 397 g/mol. The molecule has 3 heterocycles. The molecule has 0 saturated carbocycles. The fraction of sp³-hybridized carbons (Fsp3) is 0.444. The summed E-state index contributed by atoms with van der Waals surface area (Å²) < 4.78 is 15.8. The van der Waals surface area contributed by atoms with Gasteiger partial charge in [-0.2, -0.15) is 5.10 Å². The summed E-state index contributed by atoms with van der Waals surface area (Å²) in [5, 5.41) is 10.8. The number of hydrogen-bond donors (Lipinski definition) is 2. The number of rotatable bonds is 3. The van der Waals surface area contributed by atoms with Gasteiger partial charge < -0.3 is 10.6 Å². The lowest BCUT2D eigenvalue weighted by molar-refractivity contribution is 0.0928. The summed E-state index contributed by atoms with van der Waals surface area (Å²) in [6, 6.07) is 6.95. The number of benzene rings is 1. The number of nitrogens with zero attached hydrogens (tertiary/aromatic N) is 2. The highest BCUT2D eigenvalue weighted by molar-refractivity contribution is 7.99. The van der Waals surface area contributed by atoms with Crippen LogP contribution in [0.5, 0.6) is 0 Å². The van der Waals surface area contributed by atoms with Crippen LogP contribution in [-0.2, 0) is 0 Å². The van der Waals surface area contributed by atoms with Crippen molar-refractivity contribution >= 4 is 30.1 Å². The number of hydrogen-bond acceptors (Lipinski definition) is 4. The lowest BCUT2D eigenvalue weighted by atomic mass is 10.0. The zero-order chi connectivity index (χ0) is 17.2. The number of fused-ring (bicyclic) bond motifs is 1. The first-order valence-corrected chi connectivity index (χ1v) is 9.69. The molecule has 8 heteroatoms. The molecular weight excluding hydrogens is 375 g/mol. The van der Waals surface area contributed by atoms with E-state index in [4.69, 9.17) is 0 Å². The van der Waals surface area contributed by atoms with Crippen LogP contribution < -0.4 is 10.6 Å². The Morgan fingerprint density at radius 3 is 3.04 bits per heavy atom. The van der Waals surface area contributed by atoms with Crippen molar-refractivity contribution in [2.24, 2.45) is 0 Å². The van der Waals surface area contributed by atoms with Gasteiger partial charge in [0.05, 0.1) is 12.1 Å². The number of thioether (sulfide) groups is 1. The lowest BCUT2D eigenvalue weighted by Gasteiger charge is -2.26. The Kier molecular flexibility index (Phi) is 6.21. The van der Waals surface area contributed by atoms with Crippen molar-refractivity contribution in [2.45, 2.75) is 36.2 Å². The Hall–Kier alpha value is -1.57. The van der Waals surface area contributed by atoms with Crippen LogP contribution in [0.4, 0.5) is 4.39 Å². The first-order chi connectivity index (χ1) is 12.2. The van der Waals surface area contributed by atoms with Gasteiger partial charge in [-0.05, 0) is 43.5 Å². The molecule has 2 N–H and O–H groups in total. The number of halogens is 2. The third-order valence-corrected chi connectivity index (χ3v) is 5.98. The molecule has 4 rings (SSSR count). The highest BCUT2D eigenvalue weighted by Gasteiger charge is 2.26. The van der Waals surface area contributed by atoms with Gasteiger partial charge in [0.1, 0.15) is 11.5 Å². The van der Waals surface area contributed by atoms with E-state index in [1.807, 2.05) is 16.9 Å². The Balaban J connectivity index is 0.00000196. The molecule has 26 heavy (non-hydrogen) atoms. The number of nitrogens with one attached hydrogen (secondary N) is 2. The molecule has 2 unspecified atom stereocenters. The summed E-state index contributed by atoms with van der Waals surface area (Å²) >= 11 is 1.51. The van der Waals surface area contributed by atoms with Crippen LogP contribution in [0.3, 0.4) is 0 Å². The van der Waals surface area contributed by atoms with Crippen LogP contribution in [0.25, 0.3) is 0 Å². The zero-order valence-corrected chi connectivity index (χ0v) is 15.9. The van der Waals surface area contributed by atoms with Crippen molar-refractivity contribution in [3.8, 4) is 0 Å². The van der Waals surface area contributed by atoms with E-state index in [1.165, 1.54) is 17.8 Å². The molecule has 5 nitrogen and oxygen atoms in total. The van der Waals surface area contributed by atoms with E-state index in [1.54, 1.807) is 12.1 Å². The molecule has 2 aliphatic heterocycles. The molecule has 1 saturated heterocycles. The molecule has 2 atom stereocenters. The van der Waals surface area contributed by atoms with Crippen LogP contribution in [0.1, 0.15) is 47.4 Å². The highest BCUT2D eigenvalue weighted by atomic mass is 35.5. The van der Waals surface area contributed by atoms with E-state index in [0.29, 0.717) is 16.6 Å². The van der Waals surface area contributed by atoms with E-state index in [9.17, 15) is 9.18 Å². The molecule has 1 aromatic heterocycles. The number of carbonyl (C=O) groups is 1. The molecule has 1 amide bonds. The minimum absolute atomic E-state index is 0. The maximum Gasteiger partial charge on any atom is 0.272 e. The van der Waals surface area contributed by atoms with Gasteiger partial charge in [-0.1, -0.05) is 12.1 Å². The molecule has 2 aliphatic rings. The minimum atomic E-state index is -0.212. The van der Waals surface area contributed by atoms with E-state index in [2.05, 4.69) is 15.7 Å². The first-order valence-electron chi connectivity index (χ1n) is 8.70. The predicted octanol–water partition coefficient (Wildman–Crippen LogP) is 3.34. The number of aromatic nitrogens is 2. The van der Waals surface area contributed by atoms with Gasteiger partial charge in [-0.15, -0.1) is 24.2 Å². The highest BCUT2D eigenvalue weighted by Crippen LogP contribution is 2.37. The third-order valence-electron chi connectivity index (χ3n) is 4.82. The molecule has 0 bridgehead atoms. The molecular formula is C18H22ClFN4OS. The normalized spacial score (nSPS) is 22.2. The first kappa shape index (κ1) is 19.2. The van der Waals surface area contributed by atoms with Crippen molar-refractivity contribution in [1.29, 1.82) is 0 Å². The van der Waals surface area contributed by atoms with Crippen molar-refractivity contribution in [3.05, 3.63) is 47.5 Å². The summed E-state index contributed by atoms with van der Waals surface area (Å²) in [6.07, 6.45) is 4.85. The SMILES string of the molecule is Cl.O=C(NC1CCSc2c(F)cccc21)c1ccn(C2CCCNC2)n1. The van der Waals surface area contributed by atoms with Gasteiger partial charge in [0.15, 0.2) is 0 Å². The Morgan fingerprint density at radius 2 is 2.23 bits per heavy atom. The van der Waals surface area contributed by atoms with Crippen LogP contribution in [0.2, 0.25) is 0 Å². The third kappa shape index (κ3) is 3.89. The Bertz CT molecular complexity index is 778. The number of piperidine rings is 1. The van der Waals surface area contributed by atoms with Gasteiger partial charge in [-0.3, -0.25) is 9.48 Å². The zero-order valence-electron chi connectivity index (χ0n) is 14.3. The summed E-state index contributed by atoms with van der Waals surface area (Å²) in [5.41, 5.74) is 1.28. The fourth-order valence-electron chi connectivity index (χ4n) is 3.49. The predicted molar refractivity (Wildman–Crippen MR) is 103 cm³/mol. The van der Waals surface area contributed by atoms with Crippen LogP contribution in [0.15, 0.2) is 35.4 Å². The van der Waals surface area contributed by atoms with Gasteiger partial charge >= 0.3 is 0 Å². The van der Waals surface area contributed by atoms with Gasteiger partial charge in [-0.25, -0.2) is 4.39 Å². The molecule has 0 radical (unpaired) electrons. The maximum atomic E-state index is 14.0. The molecule has 2 aromatic rings. The molecule has 1 fully saturated rings. The largest absolute Gasteiger partial charge is 0.344 e. The average Bonchev–Trinajstić information content (AvgIpc) is 3.14. The summed E-state index contributed by atoms with van der Waals surface area (Å²) in [5.74, 6) is 0.381. The second-order valence-corrected chi connectivity index (χ2v) is 7.61. The van der Waals surface area contributed by atoms with Crippen LogP contribution in [-0.4, -0.2) is 34.5 Å². The van der Waals surface area contributed by atoms with Crippen LogP contribution in [0, 0.1) is 5.82 Å². The van der Waals surface area contributed by atoms with Crippen molar-refractivity contribution in [2.75, 3.05) is 18.8 Å². The molecule has 0 aliphatic carbocycles. The van der Waals surface area contributed by atoms with Gasteiger partial charge in [0.25, 0.3) is 5.91 Å². The molecule has 1 aromatic carbocycles. The Morgan fingerprint density at radius 1 is 1.35 bits per heavy atom. The quantitative estimate of drug-likeness (QED) is 0.835. The second kappa shape index (κ2) is 8.41. The molecule has 140 valence electrons. The minimum Gasteiger partial charge on any atom is -0.344 e. The van der Waals surface area contributed by atoms with Crippen LogP contribution >= 0.6 is 24.2 Å². The lowest BCUT2D eigenvalue weighted by Crippen LogP contribution is -2.33. The topological polar surface area (TPSA) is 59.0 Å². The number of carbonyl (C=O) groups excluding carboxylic acids is 1. The standard InChI is InChI=1S/C18H21FN4OS.ClH/c19-14-5-1-4-13-15(7-10-25-17(13)14)21-18(24)16-6-9-23(22-16)12-3-2-8-20-11-12;/h1,4-6,9,12,15,20H,2-3,7-8,10-11H2,(H,21,24);1H. The van der Waals surface area contributed by atoms with Gasteiger partial charge in [0.2, 0.25) is 0 Å². The summed E-state index contributed by atoms with van der Waals surface area (Å²) in [6.45, 7) is 1.93. The number of amides is 1. The van der Waals surface area contributed by atoms with E-state index in [0.717, 1.165) is 43.7 Å². The van der Waals surface area contributed by atoms with Gasteiger partial charge in [0, 0.05) is 23.4 Å². The Labute approximate surface area is 162 Å². The summed E-state index contributed by atoms with van der Waals surface area (Å²) in [7, 11) is 0. The van der Waals surface area contributed by atoms with E-state index < -0.39 is 0 Å². The van der Waals surface area contributed by atoms with Crippen molar-refractivity contribution < 1.29 is 9.18 Å². The maximum absolute atomic E-state index is 14.0. The summed E-state index contributed by atoms with van der Waals surface area (Å²) in [4.78, 5) is 13.3. The fourth-order valence-corrected chi connectivity index (χ4v) is 4.63. The monoisotopic (exact) mass is 396 g/mol. The van der Waals surface area contributed by atoms with E-state index in [-0.39, 0.29) is 30.2 Å².